The van der Waals surface area contributed by atoms with E-state index < -0.39 is 11.5 Å². The molecular weight excluding hydrogens is 214 g/mol. The summed E-state index contributed by atoms with van der Waals surface area (Å²) in [6.07, 6.45) is 1.43. The van der Waals surface area contributed by atoms with Gasteiger partial charge in [0.05, 0.1) is 0 Å². The molecule has 0 atom stereocenters. The Hall–Kier alpha value is -1.51. The first-order valence-corrected chi connectivity index (χ1v) is 6.10. The maximum atomic E-state index is 11.4. The van der Waals surface area contributed by atoms with E-state index in [1.165, 1.54) is 0 Å². The Balaban J connectivity index is 2.08. The fourth-order valence-corrected chi connectivity index (χ4v) is 2.43. The molecule has 0 spiro atoms. The van der Waals surface area contributed by atoms with Gasteiger partial charge in [0, 0.05) is 5.69 Å². The molecule has 92 valence electrons. The minimum Gasteiger partial charge on any atom is -0.480 e. The van der Waals surface area contributed by atoms with E-state index in [1.54, 1.807) is 0 Å². The van der Waals surface area contributed by atoms with Crippen molar-refractivity contribution in [1.82, 2.24) is 0 Å². The highest BCUT2D eigenvalue weighted by Gasteiger charge is 2.51. The van der Waals surface area contributed by atoms with Gasteiger partial charge >= 0.3 is 5.97 Å². The van der Waals surface area contributed by atoms with Gasteiger partial charge in [-0.15, -0.1) is 0 Å². The summed E-state index contributed by atoms with van der Waals surface area (Å²) in [5.41, 5.74) is 0.133. The third kappa shape index (κ3) is 2.28. The van der Waals surface area contributed by atoms with Crippen LogP contribution in [0.5, 0.6) is 0 Å². The van der Waals surface area contributed by atoms with Gasteiger partial charge in [0.25, 0.3) is 0 Å². The Morgan fingerprint density at radius 3 is 2.41 bits per heavy atom. The molecule has 1 aliphatic carbocycles. The molecular formula is C14H19NO2. The molecule has 1 aromatic carbocycles. The summed E-state index contributed by atoms with van der Waals surface area (Å²) >= 11 is 0. The molecule has 0 amide bonds. The number of nitrogens with one attached hydrogen (secondary N) is 1. The second kappa shape index (κ2) is 4.40. The topological polar surface area (TPSA) is 49.3 Å². The third-order valence-corrected chi connectivity index (χ3v) is 3.73. The van der Waals surface area contributed by atoms with Crippen molar-refractivity contribution in [2.24, 2.45) is 11.8 Å². The van der Waals surface area contributed by atoms with Gasteiger partial charge < -0.3 is 10.4 Å². The van der Waals surface area contributed by atoms with Crippen LogP contribution < -0.4 is 5.32 Å². The van der Waals surface area contributed by atoms with Crippen LogP contribution in [0.25, 0.3) is 0 Å². The fourth-order valence-electron chi connectivity index (χ4n) is 2.43. The van der Waals surface area contributed by atoms with Gasteiger partial charge in [-0.3, -0.25) is 0 Å². The van der Waals surface area contributed by atoms with E-state index in [0.717, 1.165) is 18.5 Å². The van der Waals surface area contributed by atoms with Crippen molar-refractivity contribution in [3.8, 4) is 0 Å². The van der Waals surface area contributed by atoms with Crippen LogP contribution >= 0.6 is 0 Å². The van der Waals surface area contributed by atoms with Crippen molar-refractivity contribution in [3.63, 3.8) is 0 Å². The maximum absolute atomic E-state index is 11.4. The largest absolute Gasteiger partial charge is 0.480 e. The van der Waals surface area contributed by atoms with Crippen molar-refractivity contribution in [2.45, 2.75) is 32.2 Å². The molecule has 2 N–H and O–H groups in total. The highest BCUT2D eigenvalue weighted by atomic mass is 16.4. The molecule has 2 rings (SSSR count). The zero-order chi connectivity index (χ0) is 12.5. The standard InChI is InChI=1S/C14H19NO2/c1-10(2)11-8-14(9-11,13(16)17)15-12-6-4-3-5-7-12/h3-7,10-11,15H,8-9H2,1-2H3,(H,16,17). The molecule has 1 saturated carbocycles. The van der Waals surface area contributed by atoms with Crippen LogP contribution in [-0.2, 0) is 4.79 Å². The smallest absolute Gasteiger partial charge is 0.329 e. The molecule has 3 heteroatoms. The zero-order valence-corrected chi connectivity index (χ0v) is 10.3. The first kappa shape index (κ1) is 12.0. The number of carboxylic acids is 1. The van der Waals surface area contributed by atoms with Gasteiger partial charge in [0.2, 0.25) is 0 Å². The molecule has 0 heterocycles. The van der Waals surface area contributed by atoms with E-state index in [0.29, 0.717) is 11.8 Å². The molecule has 1 aromatic rings. The quantitative estimate of drug-likeness (QED) is 0.840. The van der Waals surface area contributed by atoms with Crippen LogP contribution in [0.4, 0.5) is 5.69 Å². The predicted octanol–water partition coefficient (Wildman–Crippen LogP) is 2.99. The number of benzene rings is 1. The Morgan fingerprint density at radius 1 is 1.35 bits per heavy atom. The van der Waals surface area contributed by atoms with Crippen molar-refractivity contribution in [1.29, 1.82) is 0 Å². The summed E-state index contributed by atoms with van der Waals surface area (Å²) in [5, 5.41) is 12.6. The molecule has 0 aromatic heterocycles. The lowest BCUT2D eigenvalue weighted by Gasteiger charge is -2.47. The van der Waals surface area contributed by atoms with Gasteiger partial charge in [-0.2, -0.15) is 0 Å². The third-order valence-electron chi connectivity index (χ3n) is 3.73. The van der Waals surface area contributed by atoms with Crippen LogP contribution in [0.2, 0.25) is 0 Å². The highest BCUT2D eigenvalue weighted by molar-refractivity contribution is 5.84. The van der Waals surface area contributed by atoms with Crippen molar-refractivity contribution in [2.75, 3.05) is 5.32 Å². The molecule has 0 unspecified atom stereocenters. The summed E-state index contributed by atoms with van der Waals surface area (Å²) < 4.78 is 0. The Morgan fingerprint density at radius 2 is 1.94 bits per heavy atom. The van der Waals surface area contributed by atoms with E-state index in [4.69, 9.17) is 0 Å². The Kier molecular flexibility index (Phi) is 3.09. The number of hydrogen-bond acceptors (Lipinski definition) is 2. The first-order valence-electron chi connectivity index (χ1n) is 6.10. The van der Waals surface area contributed by atoms with Crippen LogP contribution in [0.3, 0.4) is 0 Å². The van der Waals surface area contributed by atoms with E-state index in [9.17, 15) is 9.90 Å². The lowest BCUT2D eigenvalue weighted by Crippen LogP contribution is -2.57. The molecule has 1 aliphatic rings. The Labute approximate surface area is 102 Å². The summed E-state index contributed by atoms with van der Waals surface area (Å²) in [6.45, 7) is 4.30. The van der Waals surface area contributed by atoms with Crippen LogP contribution in [0.15, 0.2) is 30.3 Å². The lowest BCUT2D eigenvalue weighted by molar-refractivity contribution is -0.148. The van der Waals surface area contributed by atoms with Crippen LogP contribution in [0, 0.1) is 11.8 Å². The first-order chi connectivity index (χ1) is 8.03. The zero-order valence-electron chi connectivity index (χ0n) is 10.3. The average molecular weight is 233 g/mol. The summed E-state index contributed by atoms with van der Waals surface area (Å²) in [5.74, 6) is 0.334. The Bertz CT molecular complexity index is 394. The highest BCUT2D eigenvalue weighted by Crippen LogP contribution is 2.44. The minimum absolute atomic E-state index is 0.516. The number of para-hydroxylation sites is 1. The van der Waals surface area contributed by atoms with Gasteiger partial charge in [-0.05, 0) is 36.8 Å². The molecule has 0 saturated heterocycles. The summed E-state index contributed by atoms with van der Waals surface area (Å²) in [6, 6.07) is 9.57. The molecule has 1 fully saturated rings. The molecule has 0 aliphatic heterocycles. The second-order valence-corrected chi connectivity index (χ2v) is 5.29. The maximum Gasteiger partial charge on any atom is 0.329 e. The number of aliphatic carboxylic acids is 1. The number of carboxylic acid groups (broad SMARTS) is 1. The molecule has 17 heavy (non-hydrogen) atoms. The van der Waals surface area contributed by atoms with Gasteiger partial charge in [-0.25, -0.2) is 4.79 Å². The summed E-state index contributed by atoms with van der Waals surface area (Å²) in [7, 11) is 0. The number of rotatable bonds is 4. The van der Waals surface area contributed by atoms with E-state index in [-0.39, 0.29) is 0 Å². The van der Waals surface area contributed by atoms with Gasteiger partial charge in [0.15, 0.2) is 0 Å². The van der Waals surface area contributed by atoms with Crippen LogP contribution in [0.1, 0.15) is 26.7 Å². The second-order valence-electron chi connectivity index (χ2n) is 5.29. The van der Waals surface area contributed by atoms with Crippen LogP contribution in [-0.4, -0.2) is 16.6 Å². The monoisotopic (exact) mass is 233 g/mol. The van der Waals surface area contributed by atoms with Crippen molar-refractivity contribution < 1.29 is 9.90 Å². The summed E-state index contributed by atoms with van der Waals surface area (Å²) in [4.78, 5) is 11.4. The normalized spacial score (nSPS) is 27.6. The van der Waals surface area contributed by atoms with Gasteiger partial charge in [0.1, 0.15) is 5.54 Å². The molecule has 0 bridgehead atoms. The fraction of sp³-hybridized carbons (Fsp3) is 0.500. The lowest BCUT2D eigenvalue weighted by atomic mass is 9.64. The van der Waals surface area contributed by atoms with Crippen molar-refractivity contribution in [3.05, 3.63) is 30.3 Å². The number of carbonyl (C=O) groups is 1. The van der Waals surface area contributed by atoms with Crippen molar-refractivity contribution >= 4 is 11.7 Å². The number of hydrogen-bond donors (Lipinski definition) is 2. The average Bonchev–Trinajstić information content (AvgIpc) is 2.23. The van der Waals surface area contributed by atoms with E-state index in [2.05, 4.69) is 19.2 Å². The number of anilines is 1. The molecule has 3 nitrogen and oxygen atoms in total. The SMILES string of the molecule is CC(C)C1CC(Nc2ccccc2)(C(=O)O)C1. The molecule has 0 radical (unpaired) electrons. The minimum atomic E-state index is -0.754. The predicted molar refractivity (Wildman–Crippen MR) is 68.0 cm³/mol. The van der Waals surface area contributed by atoms with Gasteiger partial charge in [-0.1, -0.05) is 32.0 Å². The van der Waals surface area contributed by atoms with E-state index in [1.807, 2.05) is 30.3 Å². The van der Waals surface area contributed by atoms with E-state index >= 15 is 0 Å².